The second-order valence-corrected chi connectivity index (χ2v) is 9.97. The number of nitro groups is 1. The highest BCUT2D eigenvalue weighted by molar-refractivity contribution is 7.89. The third-order valence-corrected chi connectivity index (χ3v) is 6.30. The quantitative estimate of drug-likeness (QED) is 0.615. The van der Waals surface area contributed by atoms with Crippen LogP contribution in [0.3, 0.4) is 0 Å². The predicted octanol–water partition coefficient (Wildman–Crippen LogP) is 2.27. The van der Waals surface area contributed by atoms with Crippen molar-refractivity contribution in [1.82, 2.24) is 9.62 Å². The smallest absolute Gasteiger partial charge is 0.410 e. The molecule has 0 unspecified atom stereocenters. The first-order valence-electron chi connectivity index (χ1n) is 8.65. The molecular weight excluding hydrogens is 374 g/mol. The molecule has 2 aliphatic rings. The number of carbonyl (C=O) groups excluding carboxylic acids is 1. The van der Waals surface area contributed by atoms with Gasteiger partial charge >= 0.3 is 6.09 Å². The van der Waals surface area contributed by atoms with Gasteiger partial charge in [-0.25, -0.2) is 17.9 Å². The lowest BCUT2D eigenvalue weighted by atomic mass is 9.61. The highest BCUT2D eigenvalue weighted by Crippen LogP contribution is 2.49. The van der Waals surface area contributed by atoms with Gasteiger partial charge in [0.05, 0.1) is 4.92 Å². The maximum atomic E-state index is 12.5. The van der Waals surface area contributed by atoms with E-state index in [2.05, 4.69) is 4.72 Å². The summed E-state index contributed by atoms with van der Waals surface area (Å²) in [5.74, 6) is 0. The molecule has 1 spiro atoms. The Morgan fingerprint density at radius 1 is 1.30 bits per heavy atom. The SMILES string of the molecule is CC(C)(C)OC(=O)N1CC2(CC(NS(=O)(=O)c3ccccc3[N+](=O)[O-])C2)C1. The summed E-state index contributed by atoms with van der Waals surface area (Å²) in [4.78, 5) is 23.6. The number of sulfonamides is 1. The molecule has 0 radical (unpaired) electrons. The fraction of sp³-hybridized carbons (Fsp3) is 0.588. The molecule has 1 aliphatic carbocycles. The lowest BCUT2D eigenvalue weighted by Crippen LogP contribution is -2.67. The number of hydrogen-bond acceptors (Lipinski definition) is 6. The minimum Gasteiger partial charge on any atom is -0.444 e. The molecule has 2 fully saturated rings. The van der Waals surface area contributed by atoms with Crippen LogP contribution in [-0.2, 0) is 14.8 Å². The number of likely N-dealkylation sites (tertiary alicyclic amines) is 1. The van der Waals surface area contributed by atoms with Crippen molar-refractivity contribution in [3.8, 4) is 0 Å². The third-order valence-electron chi connectivity index (χ3n) is 4.74. The molecular formula is C17H23N3O6S. The number of nitrogens with zero attached hydrogens (tertiary/aromatic N) is 2. The molecule has 9 nitrogen and oxygen atoms in total. The number of nitrogens with one attached hydrogen (secondary N) is 1. The van der Waals surface area contributed by atoms with Crippen LogP contribution in [0, 0.1) is 15.5 Å². The van der Waals surface area contributed by atoms with Gasteiger partial charge in [0.15, 0.2) is 4.90 Å². The number of hydrogen-bond donors (Lipinski definition) is 1. The van der Waals surface area contributed by atoms with Crippen LogP contribution >= 0.6 is 0 Å². The maximum Gasteiger partial charge on any atom is 0.410 e. The summed E-state index contributed by atoms with van der Waals surface area (Å²) in [6.45, 7) is 6.48. The molecule has 1 aromatic rings. The van der Waals surface area contributed by atoms with Gasteiger partial charge in [0.2, 0.25) is 10.0 Å². The average Bonchev–Trinajstić information content (AvgIpc) is 2.46. The van der Waals surface area contributed by atoms with Gasteiger partial charge in [-0.2, -0.15) is 0 Å². The first kappa shape index (κ1) is 19.6. The largest absolute Gasteiger partial charge is 0.444 e. The first-order chi connectivity index (χ1) is 12.4. The monoisotopic (exact) mass is 397 g/mol. The molecule has 1 saturated heterocycles. The van der Waals surface area contributed by atoms with Gasteiger partial charge < -0.3 is 9.64 Å². The van der Waals surface area contributed by atoms with E-state index in [1.54, 1.807) is 25.7 Å². The van der Waals surface area contributed by atoms with Crippen LogP contribution in [0.1, 0.15) is 33.6 Å². The van der Waals surface area contributed by atoms with Crippen molar-refractivity contribution in [2.75, 3.05) is 13.1 Å². The summed E-state index contributed by atoms with van der Waals surface area (Å²) < 4.78 is 32.9. The van der Waals surface area contributed by atoms with Crippen molar-refractivity contribution in [2.24, 2.45) is 5.41 Å². The number of ether oxygens (including phenoxy) is 1. The second kappa shape index (κ2) is 6.45. The van der Waals surface area contributed by atoms with E-state index < -0.39 is 26.2 Å². The Balaban J connectivity index is 1.56. The topological polar surface area (TPSA) is 119 Å². The van der Waals surface area contributed by atoms with E-state index in [0.717, 1.165) is 0 Å². The molecule has 0 aromatic heterocycles. The molecule has 1 amide bonds. The van der Waals surface area contributed by atoms with Crippen molar-refractivity contribution in [3.63, 3.8) is 0 Å². The minimum atomic E-state index is -3.98. The zero-order valence-electron chi connectivity index (χ0n) is 15.5. The minimum absolute atomic E-state index is 0.0906. The van der Waals surface area contributed by atoms with Gasteiger partial charge in [0.25, 0.3) is 5.69 Å². The van der Waals surface area contributed by atoms with Crippen LogP contribution in [0.5, 0.6) is 0 Å². The van der Waals surface area contributed by atoms with Crippen LogP contribution in [-0.4, -0.2) is 49.1 Å². The molecule has 27 heavy (non-hydrogen) atoms. The number of carbonyl (C=O) groups is 1. The summed E-state index contributed by atoms with van der Waals surface area (Å²) in [7, 11) is -3.98. The van der Waals surface area contributed by atoms with E-state index in [-0.39, 0.29) is 22.4 Å². The average molecular weight is 397 g/mol. The highest BCUT2D eigenvalue weighted by Gasteiger charge is 2.55. The van der Waals surface area contributed by atoms with Crippen LogP contribution in [0.15, 0.2) is 29.2 Å². The molecule has 3 rings (SSSR count). The Labute approximate surface area is 157 Å². The van der Waals surface area contributed by atoms with Crippen molar-refractivity contribution in [3.05, 3.63) is 34.4 Å². The predicted molar refractivity (Wildman–Crippen MR) is 96.7 cm³/mol. The van der Waals surface area contributed by atoms with Crippen LogP contribution < -0.4 is 4.72 Å². The summed E-state index contributed by atoms with van der Waals surface area (Å²) in [6, 6.07) is 4.98. The Bertz CT molecular complexity index is 863. The number of amides is 1. The van der Waals surface area contributed by atoms with Crippen LogP contribution in [0.2, 0.25) is 0 Å². The fourth-order valence-corrected chi connectivity index (χ4v) is 5.07. The third kappa shape index (κ3) is 4.06. The summed E-state index contributed by atoms with van der Waals surface area (Å²) >= 11 is 0. The van der Waals surface area contributed by atoms with E-state index in [9.17, 15) is 23.3 Å². The maximum absolute atomic E-state index is 12.5. The van der Waals surface area contributed by atoms with Crippen molar-refractivity contribution in [1.29, 1.82) is 0 Å². The van der Waals surface area contributed by atoms with Crippen LogP contribution in [0.25, 0.3) is 0 Å². The van der Waals surface area contributed by atoms with E-state index in [1.807, 2.05) is 0 Å². The fourth-order valence-electron chi connectivity index (χ4n) is 3.66. The molecule has 0 atom stereocenters. The standard InChI is InChI=1S/C17H23N3O6S/c1-16(2,3)26-15(21)19-10-17(11-19)8-12(9-17)18-27(24,25)14-7-5-4-6-13(14)20(22)23/h4-7,12,18H,8-11H2,1-3H3. The molecule has 1 aliphatic heterocycles. The van der Waals surface area contributed by atoms with Gasteiger partial charge in [-0.15, -0.1) is 0 Å². The van der Waals surface area contributed by atoms with E-state index in [4.69, 9.17) is 4.74 Å². The van der Waals surface area contributed by atoms with Crippen molar-refractivity contribution in [2.45, 2.75) is 50.2 Å². The van der Waals surface area contributed by atoms with Gasteiger partial charge in [0.1, 0.15) is 5.60 Å². The molecule has 0 bridgehead atoms. The normalized spacial score (nSPS) is 19.3. The summed E-state index contributed by atoms with van der Waals surface area (Å²) in [5, 5.41) is 11.1. The van der Waals surface area contributed by atoms with Gasteiger partial charge in [-0.1, -0.05) is 12.1 Å². The number of nitro benzene ring substituents is 1. The Kier molecular flexibility index (Phi) is 4.67. The van der Waals surface area contributed by atoms with Gasteiger partial charge in [0, 0.05) is 30.6 Å². The molecule has 1 N–H and O–H groups in total. The zero-order chi connectivity index (χ0) is 20.0. The van der Waals surface area contributed by atoms with Crippen LogP contribution in [0.4, 0.5) is 10.5 Å². The Hall–Kier alpha value is -2.20. The van der Waals surface area contributed by atoms with Gasteiger partial charge in [-0.3, -0.25) is 10.1 Å². The van der Waals surface area contributed by atoms with Crippen molar-refractivity contribution >= 4 is 21.8 Å². The molecule has 10 heteroatoms. The number of rotatable bonds is 4. The van der Waals surface area contributed by atoms with E-state index in [1.165, 1.54) is 24.3 Å². The Morgan fingerprint density at radius 3 is 2.44 bits per heavy atom. The highest BCUT2D eigenvalue weighted by atomic mass is 32.2. The van der Waals surface area contributed by atoms with Gasteiger partial charge in [-0.05, 0) is 39.7 Å². The van der Waals surface area contributed by atoms with E-state index >= 15 is 0 Å². The molecule has 1 saturated carbocycles. The number of para-hydroxylation sites is 1. The van der Waals surface area contributed by atoms with E-state index in [0.29, 0.717) is 25.9 Å². The summed E-state index contributed by atoms with van der Waals surface area (Å²) in [6.07, 6.45) is 0.815. The zero-order valence-corrected chi connectivity index (χ0v) is 16.3. The lowest BCUT2D eigenvalue weighted by Gasteiger charge is -2.58. The molecule has 148 valence electrons. The molecule has 1 heterocycles. The lowest BCUT2D eigenvalue weighted by molar-refractivity contribution is -0.387. The first-order valence-corrected chi connectivity index (χ1v) is 10.1. The molecule has 1 aromatic carbocycles. The number of benzene rings is 1. The Morgan fingerprint density at radius 2 is 1.89 bits per heavy atom. The van der Waals surface area contributed by atoms with Crippen molar-refractivity contribution < 1.29 is 22.9 Å². The summed E-state index contributed by atoms with van der Waals surface area (Å²) in [5.41, 5.74) is -1.09. The second-order valence-electron chi connectivity index (χ2n) is 8.29.